The number of thiophene rings is 1. The van der Waals surface area contributed by atoms with Crippen LogP contribution in [0.3, 0.4) is 0 Å². The number of hydrogen-bond acceptors (Lipinski definition) is 5. The molecular formula is C20H15NO4S. The van der Waals surface area contributed by atoms with Crippen molar-refractivity contribution in [1.82, 2.24) is 0 Å². The summed E-state index contributed by atoms with van der Waals surface area (Å²) >= 11 is 1.27. The smallest absolute Gasteiger partial charge is 0.294 e. The van der Waals surface area contributed by atoms with Crippen molar-refractivity contribution in [3.8, 4) is 0 Å². The summed E-state index contributed by atoms with van der Waals surface area (Å²) in [6.45, 7) is 1.79. The minimum Gasteiger partial charge on any atom is -0.503 e. The number of furan rings is 1. The quantitative estimate of drug-likeness (QED) is 0.694. The molecule has 1 unspecified atom stereocenters. The van der Waals surface area contributed by atoms with Crippen molar-refractivity contribution in [2.45, 2.75) is 13.0 Å². The highest BCUT2D eigenvalue weighted by molar-refractivity contribution is 7.12. The highest BCUT2D eigenvalue weighted by atomic mass is 32.1. The molecule has 5 nitrogen and oxygen atoms in total. The van der Waals surface area contributed by atoms with Crippen molar-refractivity contribution < 1.29 is 19.1 Å². The maximum absolute atomic E-state index is 13.0. The number of carbonyl (C=O) groups excluding carboxylic acids is 2. The van der Waals surface area contributed by atoms with Crippen molar-refractivity contribution in [1.29, 1.82) is 0 Å². The molecule has 26 heavy (non-hydrogen) atoms. The number of ketones is 1. The molecule has 0 spiro atoms. The number of aliphatic hydroxyl groups excluding tert-OH is 1. The fourth-order valence-corrected chi connectivity index (χ4v) is 3.78. The minimum atomic E-state index is -0.812. The summed E-state index contributed by atoms with van der Waals surface area (Å²) < 4.78 is 5.73. The first-order valence-corrected chi connectivity index (χ1v) is 8.92. The van der Waals surface area contributed by atoms with Gasteiger partial charge in [-0.1, -0.05) is 24.3 Å². The van der Waals surface area contributed by atoms with Crippen molar-refractivity contribution in [3.63, 3.8) is 0 Å². The fourth-order valence-electron chi connectivity index (χ4n) is 3.10. The number of nitrogens with zero attached hydrogens (tertiary/aromatic N) is 1. The number of rotatable bonds is 4. The van der Waals surface area contributed by atoms with E-state index in [9.17, 15) is 14.7 Å². The van der Waals surface area contributed by atoms with Crippen molar-refractivity contribution >= 4 is 28.7 Å². The number of aliphatic hydroxyl groups is 1. The third kappa shape index (κ3) is 2.55. The molecule has 0 saturated heterocycles. The molecule has 0 bridgehead atoms. The summed E-state index contributed by atoms with van der Waals surface area (Å²) in [4.78, 5) is 27.7. The molecule has 1 aliphatic rings. The average Bonchev–Trinajstić information content (AvgIpc) is 3.37. The van der Waals surface area contributed by atoms with E-state index in [1.54, 1.807) is 60.8 Å². The highest BCUT2D eigenvalue weighted by Gasteiger charge is 2.46. The monoisotopic (exact) mass is 365 g/mol. The molecule has 1 aromatic carbocycles. The third-order valence-electron chi connectivity index (χ3n) is 4.26. The predicted octanol–water partition coefficient (Wildman–Crippen LogP) is 4.43. The van der Waals surface area contributed by atoms with Crippen LogP contribution in [0.1, 0.15) is 27.2 Å². The molecular weight excluding hydrogens is 350 g/mol. The molecule has 3 heterocycles. The van der Waals surface area contributed by atoms with Gasteiger partial charge in [0.05, 0.1) is 10.5 Å². The first-order valence-electron chi connectivity index (χ1n) is 8.04. The Morgan fingerprint density at radius 1 is 1.12 bits per heavy atom. The van der Waals surface area contributed by atoms with E-state index in [-0.39, 0.29) is 11.4 Å². The van der Waals surface area contributed by atoms with E-state index in [1.807, 2.05) is 6.07 Å². The summed E-state index contributed by atoms with van der Waals surface area (Å²) in [6, 6.07) is 15.1. The lowest BCUT2D eigenvalue weighted by Gasteiger charge is -2.24. The second-order valence-electron chi connectivity index (χ2n) is 5.93. The van der Waals surface area contributed by atoms with Gasteiger partial charge in [0.1, 0.15) is 17.6 Å². The lowest BCUT2D eigenvalue weighted by Crippen LogP contribution is -2.30. The summed E-state index contributed by atoms with van der Waals surface area (Å²) in [7, 11) is 0. The van der Waals surface area contributed by atoms with Gasteiger partial charge in [0, 0.05) is 5.69 Å². The third-order valence-corrected chi connectivity index (χ3v) is 5.13. The number of amides is 1. The predicted molar refractivity (Wildman–Crippen MR) is 98.4 cm³/mol. The van der Waals surface area contributed by atoms with Gasteiger partial charge in [-0.3, -0.25) is 14.5 Å². The zero-order valence-corrected chi connectivity index (χ0v) is 14.7. The van der Waals surface area contributed by atoms with Gasteiger partial charge >= 0.3 is 0 Å². The average molecular weight is 365 g/mol. The number of aryl methyl sites for hydroxylation is 1. The fraction of sp³-hybridized carbons (Fsp3) is 0.100. The van der Waals surface area contributed by atoms with Crippen molar-refractivity contribution in [3.05, 3.63) is 87.7 Å². The number of Topliss-reactive ketones (excluding diaryl/α,β-unsaturated/α-hetero) is 1. The number of anilines is 1. The minimum absolute atomic E-state index is 0.0376. The molecule has 0 fully saturated rings. The lowest BCUT2D eigenvalue weighted by atomic mass is 10.00. The van der Waals surface area contributed by atoms with E-state index >= 15 is 0 Å². The summed E-state index contributed by atoms with van der Waals surface area (Å²) in [6.07, 6.45) is 0. The van der Waals surface area contributed by atoms with Crippen LogP contribution in [-0.4, -0.2) is 16.8 Å². The van der Waals surface area contributed by atoms with Crippen LogP contribution in [-0.2, 0) is 4.79 Å². The molecule has 4 rings (SSSR count). The number of benzene rings is 1. The molecule has 0 aliphatic carbocycles. The Labute approximate surface area is 153 Å². The summed E-state index contributed by atoms with van der Waals surface area (Å²) in [5, 5.41) is 12.3. The van der Waals surface area contributed by atoms with Gasteiger partial charge in [-0.25, -0.2) is 0 Å². The number of hydrogen-bond donors (Lipinski definition) is 1. The Balaban J connectivity index is 1.88. The second kappa shape index (κ2) is 6.31. The first kappa shape index (κ1) is 16.4. The Kier molecular flexibility index (Phi) is 3.97. The molecule has 1 N–H and O–H groups in total. The Hall–Kier alpha value is -3.12. The molecule has 3 aromatic rings. The molecule has 0 radical (unpaired) electrons. The topological polar surface area (TPSA) is 70.8 Å². The maximum Gasteiger partial charge on any atom is 0.294 e. The maximum atomic E-state index is 13.0. The van der Waals surface area contributed by atoms with E-state index in [0.29, 0.717) is 22.1 Å². The zero-order valence-electron chi connectivity index (χ0n) is 13.9. The van der Waals surface area contributed by atoms with E-state index < -0.39 is 17.7 Å². The van der Waals surface area contributed by atoms with Crippen LogP contribution in [0.4, 0.5) is 5.69 Å². The van der Waals surface area contributed by atoms with E-state index in [0.717, 1.165) is 0 Å². The summed E-state index contributed by atoms with van der Waals surface area (Å²) in [5.74, 6) is -0.428. The SMILES string of the molecule is Cc1ccc(C2C(C(=O)c3cccs3)=C(O)C(=O)N2c2ccccc2)o1. The van der Waals surface area contributed by atoms with E-state index in [4.69, 9.17) is 4.42 Å². The molecule has 130 valence electrons. The van der Waals surface area contributed by atoms with Crippen LogP contribution in [0.2, 0.25) is 0 Å². The van der Waals surface area contributed by atoms with Crippen LogP contribution in [0.5, 0.6) is 0 Å². The van der Waals surface area contributed by atoms with Gasteiger partial charge in [-0.2, -0.15) is 0 Å². The van der Waals surface area contributed by atoms with Crippen LogP contribution in [0.25, 0.3) is 0 Å². The van der Waals surface area contributed by atoms with Gasteiger partial charge in [0.15, 0.2) is 5.76 Å². The molecule has 1 atom stereocenters. The van der Waals surface area contributed by atoms with Gasteiger partial charge in [0.25, 0.3) is 5.91 Å². The highest BCUT2D eigenvalue weighted by Crippen LogP contribution is 2.42. The molecule has 6 heteroatoms. The molecule has 1 aliphatic heterocycles. The molecule has 1 amide bonds. The largest absolute Gasteiger partial charge is 0.503 e. The van der Waals surface area contributed by atoms with E-state index in [2.05, 4.69) is 0 Å². The van der Waals surface area contributed by atoms with Crippen LogP contribution >= 0.6 is 11.3 Å². The van der Waals surface area contributed by atoms with Crippen LogP contribution in [0.15, 0.2) is 75.7 Å². The molecule has 0 saturated carbocycles. The van der Waals surface area contributed by atoms with Gasteiger partial charge in [0.2, 0.25) is 5.78 Å². The van der Waals surface area contributed by atoms with Crippen LogP contribution in [0, 0.1) is 6.92 Å². The molecule has 2 aromatic heterocycles. The van der Waals surface area contributed by atoms with Crippen LogP contribution < -0.4 is 4.90 Å². The van der Waals surface area contributed by atoms with Gasteiger partial charge in [-0.05, 0) is 42.6 Å². The number of carbonyl (C=O) groups is 2. The standard InChI is InChI=1S/C20H15NO4S/c1-12-9-10-14(25-12)17-16(18(22)15-8-5-11-26-15)19(23)20(24)21(17)13-6-3-2-4-7-13/h2-11,17,23H,1H3. The van der Waals surface area contributed by atoms with Crippen molar-refractivity contribution in [2.75, 3.05) is 4.90 Å². The normalized spacial score (nSPS) is 17.2. The summed E-state index contributed by atoms with van der Waals surface area (Å²) in [5.41, 5.74) is 0.618. The van der Waals surface area contributed by atoms with E-state index in [1.165, 1.54) is 16.2 Å². The Bertz CT molecular complexity index is 1000. The Morgan fingerprint density at radius 3 is 2.50 bits per heavy atom. The first-order chi connectivity index (χ1) is 12.6. The van der Waals surface area contributed by atoms with Gasteiger partial charge < -0.3 is 9.52 Å². The van der Waals surface area contributed by atoms with Gasteiger partial charge in [-0.15, -0.1) is 11.3 Å². The lowest BCUT2D eigenvalue weighted by molar-refractivity contribution is -0.117. The Morgan fingerprint density at radius 2 is 1.88 bits per heavy atom. The number of para-hydroxylation sites is 1. The zero-order chi connectivity index (χ0) is 18.3. The van der Waals surface area contributed by atoms with Crippen molar-refractivity contribution in [2.24, 2.45) is 0 Å². The second-order valence-corrected chi connectivity index (χ2v) is 6.88.